The van der Waals surface area contributed by atoms with Gasteiger partial charge in [-0.25, -0.2) is 0 Å². The van der Waals surface area contributed by atoms with Crippen molar-refractivity contribution in [1.82, 2.24) is 9.88 Å². The standard InChI is InChI=1S/C23H25F3N3O2S/c24-23(25,26)31-18-10-8-17(9-11-18)5-2-1-3-12-28-13-15-29(16-14-28)19-6-4-7-20-21(19)27-22(30)32-20/h4,6-11H,1-3,5,12-16H2. The van der Waals surface area contributed by atoms with E-state index in [1.165, 1.54) is 23.5 Å². The highest BCUT2D eigenvalue weighted by Crippen LogP contribution is 2.34. The number of ether oxygens (including phenoxy) is 1. The number of hydrogen-bond donors (Lipinski definition) is 0. The Labute approximate surface area is 189 Å². The van der Waals surface area contributed by atoms with Crippen molar-refractivity contribution in [2.75, 3.05) is 37.6 Å². The lowest BCUT2D eigenvalue weighted by Gasteiger charge is -2.36. The van der Waals surface area contributed by atoms with E-state index in [-0.39, 0.29) is 10.9 Å². The van der Waals surface area contributed by atoms with Crippen LogP contribution in [-0.4, -0.2) is 49.0 Å². The molecule has 32 heavy (non-hydrogen) atoms. The molecule has 0 bridgehead atoms. The van der Waals surface area contributed by atoms with Crippen LogP contribution in [0, 0.1) is 0 Å². The first-order valence-corrected chi connectivity index (χ1v) is 11.6. The van der Waals surface area contributed by atoms with Gasteiger partial charge in [-0.15, -0.1) is 13.2 Å². The van der Waals surface area contributed by atoms with Crippen molar-refractivity contribution in [2.24, 2.45) is 0 Å². The van der Waals surface area contributed by atoms with E-state index in [1.54, 1.807) is 12.1 Å². The summed E-state index contributed by atoms with van der Waals surface area (Å²) in [6.45, 7) is 4.82. The van der Waals surface area contributed by atoms with Crippen molar-refractivity contribution in [3.05, 3.63) is 48.0 Å². The van der Waals surface area contributed by atoms with Gasteiger partial charge in [-0.3, -0.25) is 10.0 Å². The van der Waals surface area contributed by atoms with Crippen molar-refractivity contribution in [3.63, 3.8) is 0 Å². The first-order valence-electron chi connectivity index (χ1n) is 10.8. The van der Waals surface area contributed by atoms with Crippen molar-refractivity contribution in [2.45, 2.75) is 32.0 Å². The number of hydrogen-bond acceptors (Lipinski definition) is 5. The van der Waals surface area contributed by atoms with E-state index in [2.05, 4.69) is 19.5 Å². The number of unbranched alkanes of at least 4 members (excludes halogenated alkanes) is 2. The molecule has 1 aliphatic heterocycles. The SMILES string of the molecule is [O]c1nc2c(N3CCN(CCCCCc4ccc(OC(F)(F)F)cc4)CC3)cccc2s1. The summed E-state index contributed by atoms with van der Waals surface area (Å²) < 4.78 is 41.5. The molecule has 171 valence electrons. The molecule has 4 rings (SSSR count). The molecule has 1 fully saturated rings. The third-order valence-corrected chi connectivity index (χ3v) is 6.50. The number of nitrogens with zero attached hydrogens (tertiary/aromatic N) is 3. The maximum absolute atomic E-state index is 12.2. The minimum atomic E-state index is -4.65. The fourth-order valence-corrected chi connectivity index (χ4v) is 4.80. The molecule has 2 aromatic carbocycles. The zero-order valence-corrected chi connectivity index (χ0v) is 18.4. The topological polar surface area (TPSA) is 48.5 Å². The molecule has 0 saturated carbocycles. The van der Waals surface area contributed by atoms with E-state index >= 15 is 0 Å². The molecule has 1 radical (unpaired) electrons. The van der Waals surface area contributed by atoms with Crippen LogP contribution < -0.4 is 9.64 Å². The quantitative estimate of drug-likeness (QED) is 0.391. The molecule has 0 spiro atoms. The molecular weight excluding hydrogens is 439 g/mol. The smallest absolute Gasteiger partial charge is 0.406 e. The molecular formula is C23H25F3N3O2S. The maximum Gasteiger partial charge on any atom is 0.573 e. The summed E-state index contributed by atoms with van der Waals surface area (Å²) in [5, 5.41) is 11.5. The highest BCUT2D eigenvalue weighted by molar-refractivity contribution is 7.20. The highest BCUT2D eigenvalue weighted by Gasteiger charge is 2.30. The van der Waals surface area contributed by atoms with E-state index < -0.39 is 6.36 Å². The lowest BCUT2D eigenvalue weighted by Crippen LogP contribution is -2.46. The minimum Gasteiger partial charge on any atom is -0.406 e. The number of aryl methyl sites for hydroxylation is 1. The Balaban J connectivity index is 1.15. The van der Waals surface area contributed by atoms with Gasteiger partial charge in [0.15, 0.2) is 0 Å². The van der Waals surface area contributed by atoms with Crippen LogP contribution in [0.25, 0.3) is 10.2 Å². The molecule has 0 atom stereocenters. The van der Waals surface area contributed by atoms with Gasteiger partial charge < -0.3 is 9.64 Å². The predicted molar refractivity (Wildman–Crippen MR) is 119 cm³/mol. The van der Waals surface area contributed by atoms with Crippen LogP contribution in [0.15, 0.2) is 42.5 Å². The van der Waals surface area contributed by atoms with Gasteiger partial charge in [0.05, 0.1) is 10.4 Å². The predicted octanol–water partition coefficient (Wildman–Crippen LogP) is 5.87. The van der Waals surface area contributed by atoms with Crippen LogP contribution in [0.2, 0.25) is 0 Å². The van der Waals surface area contributed by atoms with Gasteiger partial charge in [0.1, 0.15) is 11.3 Å². The van der Waals surface area contributed by atoms with Crippen LogP contribution in [0.4, 0.5) is 18.9 Å². The molecule has 3 aromatic rings. The van der Waals surface area contributed by atoms with Crippen LogP contribution in [0.5, 0.6) is 10.9 Å². The first kappa shape index (κ1) is 22.7. The Hall–Kier alpha value is -2.52. The summed E-state index contributed by atoms with van der Waals surface area (Å²) in [5.41, 5.74) is 2.88. The van der Waals surface area contributed by atoms with Crippen LogP contribution >= 0.6 is 11.3 Å². The molecule has 0 N–H and O–H groups in total. The van der Waals surface area contributed by atoms with E-state index in [4.69, 9.17) is 0 Å². The third-order valence-electron chi connectivity index (χ3n) is 5.69. The van der Waals surface area contributed by atoms with Gasteiger partial charge in [-0.05, 0) is 55.6 Å². The van der Waals surface area contributed by atoms with Crippen molar-refractivity contribution in [3.8, 4) is 10.9 Å². The minimum absolute atomic E-state index is 0.142. The number of alkyl halides is 3. The normalized spacial score (nSPS) is 15.4. The molecule has 0 aliphatic carbocycles. The number of halogens is 3. The van der Waals surface area contributed by atoms with Crippen LogP contribution in [0.3, 0.4) is 0 Å². The average Bonchev–Trinajstić information content (AvgIpc) is 3.14. The number of fused-ring (bicyclic) bond motifs is 1. The van der Waals surface area contributed by atoms with Crippen molar-refractivity contribution < 1.29 is 23.0 Å². The van der Waals surface area contributed by atoms with Gasteiger partial charge in [0.2, 0.25) is 0 Å². The monoisotopic (exact) mass is 464 g/mol. The van der Waals surface area contributed by atoms with Gasteiger partial charge >= 0.3 is 11.6 Å². The summed E-state index contributed by atoms with van der Waals surface area (Å²) in [5.74, 6) is -0.181. The molecule has 5 nitrogen and oxygen atoms in total. The fraction of sp³-hybridized carbons (Fsp3) is 0.435. The summed E-state index contributed by atoms with van der Waals surface area (Å²) in [7, 11) is 0. The number of para-hydroxylation sites is 1. The fourth-order valence-electron chi connectivity index (χ4n) is 4.08. The zero-order valence-electron chi connectivity index (χ0n) is 17.6. The zero-order chi connectivity index (χ0) is 22.6. The van der Waals surface area contributed by atoms with Crippen molar-refractivity contribution in [1.29, 1.82) is 0 Å². The van der Waals surface area contributed by atoms with Gasteiger partial charge in [-0.1, -0.05) is 36.0 Å². The van der Waals surface area contributed by atoms with E-state index in [0.29, 0.717) is 0 Å². The lowest BCUT2D eigenvalue weighted by atomic mass is 10.1. The molecule has 9 heteroatoms. The maximum atomic E-state index is 12.2. The Bertz CT molecular complexity index is 1020. The Kier molecular flexibility index (Phi) is 7.05. The summed E-state index contributed by atoms with van der Waals surface area (Å²) >= 11 is 1.19. The second kappa shape index (κ2) is 9.95. The average molecular weight is 465 g/mol. The number of rotatable bonds is 8. The Morgan fingerprint density at radius 1 is 0.969 bits per heavy atom. The second-order valence-electron chi connectivity index (χ2n) is 7.93. The lowest BCUT2D eigenvalue weighted by molar-refractivity contribution is -0.274. The number of piperazine rings is 1. The second-order valence-corrected chi connectivity index (χ2v) is 8.93. The third kappa shape index (κ3) is 6.04. The molecule has 1 aromatic heterocycles. The molecule has 1 saturated heterocycles. The van der Waals surface area contributed by atoms with Crippen molar-refractivity contribution >= 4 is 27.2 Å². The van der Waals surface area contributed by atoms with E-state index in [0.717, 1.165) is 79.9 Å². The molecule has 1 aliphatic rings. The molecule has 2 heterocycles. The Morgan fingerprint density at radius 2 is 1.72 bits per heavy atom. The van der Waals surface area contributed by atoms with Gasteiger partial charge in [0.25, 0.3) is 0 Å². The number of benzene rings is 2. The first-order chi connectivity index (χ1) is 15.4. The van der Waals surface area contributed by atoms with Crippen LogP contribution in [-0.2, 0) is 11.5 Å². The number of aromatic nitrogens is 1. The van der Waals surface area contributed by atoms with Crippen LogP contribution in [0.1, 0.15) is 24.8 Å². The van der Waals surface area contributed by atoms with Gasteiger partial charge in [0, 0.05) is 26.2 Å². The van der Waals surface area contributed by atoms with E-state index in [9.17, 15) is 18.3 Å². The highest BCUT2D eigenvalue weighted by atomic mass is 32.1. The van der Waals surface area contributed by atoms with Gasteiger partial charge in [-0.2, -0.15) is 4.98 Å². The largest absolute Gasteiger partial charge is 0.573 e. The number of anilines is 1. The molecule has 0 unspecified atom stereocenters. The summed E-state index contributed by atoms with van der Waals surface area (Å²) in [4.78, 5) is 8.94. The molecule has 0 amide bonds. The van der Waals surface area contributed by atoms with E-state index in [1.807, 2.05) is 18.2 Å². The summed E-state index contributed by atoms with van der Waals surface area (Å²) in [6.07, 6.45) is -0.633. The number of thiazole rings is 1. The summed E-state index contributed by atoms with van der Waals surface area (Å²) in [6, 6.07) is 12.1. The Morgan fingerprint density at radius 3 is 2.44 bits per heavy atom.